The van der Waals surface area contributed by atoms with E-state index in [1.807, 2.05) is 26.8 Å². The van der Waals surface area contributed by atoms with Crippen LogP contribution in [0.5, 0.6) is 0 Å². The average molecular weight is 495 g/mol. The van der Waals surface area contributed by atoms with Crippen molar-refractivity contribution in [1.29, 1.82) is 0 Å². The summed E-state index contributed by atoms with van der Waals surface area (Å²) >= 11 is 0. The summed E-state index contributed by atoms with van der Waals surface area (Å²) in [6, 6.07) is 6.93. The molecular weight excluding hydrogens is 464 g/mol. The van der Waals surface area contributed by atoms with Gasteiger partial charge in [-0.3, -0.25) is 19.7 Å². The Labute approximate surface area is 209 Å². The van der Waals surface area contributed by atoms with Crippen molar-refractivity contribution in [3.05, 3.63) is 74.3 Å². The van der Waals surface area contributed by atoms with Crippen LogP contribution in [0.15, 0.2) is 30.3 Å². The van der Waals surface area contributed by atoms with Crippen LogP contribution in [0.1, 0.15) is 60.2 Å². The van der Waals surface area contributed by atoms with Crippen molar-refractivity contribution in [2.24, 2.45) is 0 Å². The van der Waals surface area contributed by atoms with Crippen LogP contribution in [-0.4, -0.2) is 42.7 Å². The van der Waals surface area contributed by atoms with Crippen molar-refractivity contribution >= 4 is 17.6 Å². The summed E-state index contributed by atoms with van der Waals surface area (Å²) in [4.78, 5) is 45.5. The van der Waals surface area contributed by atoms with Gasteiger partial charge in [0, 0.05) is 28.7 Å². The minimum atomic E-state index is -0.941. The number of aromatic nitrogens is 4. The van der Waals surface area contributed by atoms with E-state index in [1.165, 1.54) is 18.2 Å². The SMILES string of the molecule is Cc1cc(C)nc(-n2nc(C)c(CC(=O)NC(CC(=O)OC(C)C)c3ccccc3[N+](=O)[O-])c2C)n1. The molecule has 1 amide bonds. The van der Waals surface area contributed by atoms with Crippen LogP contribution in [-0.2, 0) is 20.7 Å². The number of benzene rings is 1. The van der Waals surface area contributed by atoms with E-state index in [9.17, 15) is 19.7 Å². The number of amides is 1. The number of nitro groups is 1. The molecular formula is C25H30N6O5. The lowest BCUT2D eigenvalue weighted by Crippen LogP contribution is -2.32. The Morgan fingerprint density at radius 3 is 2.36 bits per heavy atom. The molecule has 3 rings (SSSR count). The number of carbonyl (C=O) groups is 2. The predicted octanol–water partition coefficient (Wildman–Crippen LogP) is 3.55. The molecule has 0 aliphatic heterocycles. The summed E-state index contributed by atoms with van der Waals surface area (Å²) in [5.41, 5.74) is 3.65. The third-order valence-electron chi connectivity index (χ3n) is 5.52. The number of nitrogens with one attached hydrogen (secondary N) is 1. The Bertz CT molecular complexity index is 1280. The Balaban J connectivity index is 1.88. The summed E-state index contributed by atoms with van der Waals surface area (Å²) in [5, 5.41) is 18.9. The minimum Gasteiger partial charge on any atom is -0.463 e. The minimum absolute atomic E-state index is 0.0428. The van der Waals surface area contributed by atoms with Gasteiger partial charge < -0.3 is 10.1 Å². The standard InChI is InChI=1S/C25H30N6O5/c1-14(2)36-24(33)13-21(19-9-7-8-10-22(19)31(34)35)28-23(32)12-20-17(5)29-30(18(20)6)25-26-15(3)11-16(4)27-25/h7-11,14,21H,12-13H2,1-6H3,(H,28,32). The van der Waals surface area contributed by atoms with Crippen LogP contribution in [0.4, 0.5) is 5.69 Å². The van der Waals surface area contributed by atoms with E-state index in [0.717, 1.165) is 11.4 Å². The lowest BCUT2D eigenvalue weighted by Gasteiger charge is -2.19. The second kappa shape index (κ2) is 11.1. The molecule has 1 aromatic carbocycles. The first-order valence-corrected chi connectivity index (χ1v) is 11.6. The van der Waals surface area contributed by atoms with E-state index in [2.05, 4.69) is 20.4 Å². The summed E-state index contributed by atoms with van der Waals surface area (Å²) in [5.74, 6) is -0.572. The molecule has 190 valence electrons. The first-order valence-electron chi connectivity index (χ1n) is 11.6. The van der Waals surface area contributed by atoms with Gasteiger partial charge in [-0.05, 0) is 47.6 Å². The fourth-order valence-electron chi connectivity index (χ4n) is 4.00. The van der Waals surface area contributed by atoms with E-state index in [4.69, 9.17) is 4.74 Å². The number of nitrogens with zero attached hydrogens (tertiary/aromatic N) is 5. The summed E-state index contributed by atoms with van der Waals surface area (Å²) in [6.07, 6.45) is -0.649. The van der Waals surface area contributed by atoms with Gasteiger partial charge in [0.05, 0.1) is 41.2 Å². The second-order valence-corrected chi connectivity index (χ2v) is 8.87. The van der Waals surface area contributed by atoms with Gasteiger partial charge in [-0.15, -0.1) is 0 Å². The lowest BCUT2D eigenvalue weighted by atomic mass is 10.0. The number of ether oxygens (including phenoxy) is 1. The number of nitro benzene ring substituents is 1. The highest BCUT2D eigenvalue weighted by molar-refractivity contribution is 5.81. The van der Waals surface area contributed by atoms with Gasteiger partial charge in [0.25, 0.3) is 11.6 Å². The maximum absolute atomic E-state index is 13.1. The first kappa shape index (κ1) is 26.5. The highest BCUT2D eigenvalue weighted by Gasteiger charge is 2.27. The zero-order valence-corrected chi connectivity index (χ0v) is 21.2. The largest absolute Gasteiger partial charge is 0.463 e. The van der Waals surface area contributed by atoms with Crippen LogP contribution < -0.4 is 5.32 Å². The van der Waals surface area contributed by atoms with Crippen LogP contribution in [0.3, 0.4) is 0 Å². The second-order valence-electron chi connectivity index (χ2n) is 8.87. The topological polar surface area (TPSA) is 142 Å². The quantitative estimate of drug-likeness (QED) is 0.270. The molecule has 0 saturated heterocycles. The van der Waals surface area contributed by atoms with Crippen molar-refractivity contribution < 1.29 is 19.2 Å². The molecule has 1 N–H and O–H groups in total. The molecule has 3 aromatic rings. The van der Waals surface area contributed by atoms with Gasteiger partial charge in [-0.25, -0.2) is 14.6 Å². The third kappa shape index (κ3) is 6.29. The van der Waals surface area contributed by atoms with Gasteiger partial charge in [0.1, 0.15) is 0 Å². The molecule has 0 aliphatic carbocycles. The number of esters is 1. The number of hydrogen-bond acceptors (Lipinski definition) is 8. The normalized spacial score (nSPS) is 11.9. The van der Waals surface area contributed by atoms with Gasteiger partial charge in [-0.2, -0.15) is 5.10 Å². The van der Waals surface area contributed by atoms with E-state index in [1.54, 1.807) is 31.5 Å². The lowest BCUT2D eigenvalue weighted by molar-refractivity contribution is -0.385. The zero-order valence-electron chi connectivity index (χ0n) is 21.2. The maximum Gasteiger partial charge on any atom is 0.308 e. The van der Waals surface area contributed by atoms with Crippen molar-refractivity contribution in [2.45, 2.75) is 66.5 Å². The Kier molecular flexibility index (Phi) is 8.13. The van der Waals surface area contributed by atoms with Crippen LogP contribution in [0.2, 0.25) is 0 Å². The smallest absolute Gasteiger partial charge is 0.308 e. The Morgan fingerprint density at radius 2 is 1.75 bits per heavy atom. The molecule has 1 unspecified atom stereocenters. The Hall–Kier alpha value is -4.15. The van der Waals surface area contributed by atoms with E-state index in [-0.39, 0.29) is 30.2 Å². The molecule has 36 heavy (non-hydrogen) atoms. The number of hydrogen-bond donors (Lipinski definition) is 1. The molecule has 1 atom stereocenters. The van der Waals surface area contributed by atoms with Crippen LogP contribution in [0.25, 0.3) is 5.95 Å². The third-order valence-corrected chi connectivity index (χ3v) is 5.52. The van der Waals surface area contributed by atoms with Crippen molar-refractivity contribution in [1.82, 2.24) is 25.1 Å². The molecule has 0 radical (unpaired) electrons. The molecule has 2 heterocycles. The van der Waals surface area contributed by atoms with E-state index >= 15 is 0 Å². The fourth-order valence-corrected chi connectivity index (χ4v) is 4.00. The molecule has 0 saturated carbocycles. The highest BCUT2D eigenvalue weighted by Crippen LogP contribution is 2.28. The van der Waals surface area contributed by atoms with Crippen molar-refractivity contribution in [3.63, 3.8) is 0 Å². The molecule has 11 nitrogen and oxygen atoms in total. The van der Waals surface area contributed by atoms with Crippen molar-refractivity contribution in [2.75, 3.05) is 0 Å². The van der Waals surface area contributed by atoms with Gasteiger partial charge in [0.2, 0.25) is 5.91 Å². The van der Waals surface area contributed by atoms with Crippen LogP contribution in [0, 0.1) is 37.8 Å². The zero-order chi connectivity index (χ0) is 26.6. The average Bonchev–Trinajstić information content (AvgIpc) is 3.05. The predicted molar refractivity (Wildman–Crippen MR) is 132 cm³/mol. The van der Waals surface area contributed by atoms with E-state index in [0.29, 0.717) is 22.9 Å². The van der Waals surface area contributed by atoms with Crippen molar-refractivity contribution in [3.8, 4) is 5.95 Å². The monoisotopic (exact) mass is 494 g/mol. The summed E-state index contributed by atoms with van der Waals surface area (Å²) in [7, 11) is 0. The summed E-state index contributed by atoms with van der Waals surface area (Å²) < 4.78 is 6.82. The van der Waals surface area contributed by atoms with Gasteiger partial charge in [0.15, 0.2) is 0 Å². The summed E-state index contributed by atoms with van der Waals surface area (Å²) in [6.45, 7) is 10.8. The molecule has 0 fully saturated rings. The first-order chi connectivity index (χ1) is 17.0. The fraction of sp³-hybridized carbons (Fsp3) is 0.400. The number of carbonyl (C=O) groups excluding carboxylic acids is 2. The Morgan fingerprint density at radius 1 is 1.11 bits per heavy atom. The highest BCUT2D eigenvalue weighted by atomic mass is 16.6. The van der Waals surface area contributed by atoms with Gasteiger partial charge in [-0.1, -0.05) is 18.2 Å². The number of aryl methyl sites for hydroxylation is 3. The van der Waals surface area contributed by atoms with Crippen LogP contribution >= 0.6 is 0 Å². The molecule has 0 bridgehead atoms. The maximum atomic E-state index is 13.1. The molecule has 0 spiro atoms. The number of rotatable bonds is 9. The molecule has 11 heteroatoms. The van der Waals surface area contributed by atoms with Gasteiger partial charge >= 0.3 is 5.97 Å². The van der Waals surface area contributed by atoms with E-state index < -0.39 is 22.8 Å². The molecule has 2 aromatic heterocycles. The number of para-hydroxylation sites is 1. The molecule has 0 aliphatic rings.